The molecule has 0 amide bonds. The van der Waals surface area contributed by atoms with Crippen molar-refractivity contribution in [1.29, 1.82) is 0 Å². The Labute approximate surface area is 85.0 Å². The van der Waals surface area contributed by atoms with Crippen LogP contribution in [-0.4, -0.2) is 11.7 Å². The van der Waals surface area contributed by atoms with Gasteiger partial charge in [-0.15, -0.1) is 11.8 Å². The lowest BCUT2D eigenvalue weighted by Crippen LogP contribution is -2.14. The lowest BCUT2D eigenvalue weighted by Gasteiger charge is -2.04. The van der Waals surface area contributed by atoms with Crippen LogP contribution in [-0.2, 0) is 6.54 Å². The van der Waals surface area contributed by atoms with E-state index in [0.29, 0.717) is 12.3 Å². The molecule has 0 spiro atoms. The summed E-state index contributed by atoms with van der Waals surface area (Å²) in [6.45, 7) is 3.39. The van der Waals surface area contributed by atoms with Crippen molar-refractivity contribution in [3.05, 3.63) is 29.8 Å². The molecular weight excluding hydrogens is 174 g/mol. The summed E-state index contributed by atoms with van der Waals surface area (Å²) in [7, 11) is 0. The molecule has 0 radical (unpaired) electrons. The number of nitrogens with one attached hydrogen (secondary N) is 1. The number of hydrogen-bond donors (Lipinski definition) is 2. The van der Waals surface area contributed by atoms with E-state index in [4.69, 9.17) is 0 Å². The summed E-state index contributed by atoms with van der Waals surface area (Å²) in [4.78, 5) is 0. The van der Waals surface area contributed by atoms with Gasteiger partial charge in [0.05, 0.1) is 0 Å². The van der Waals surface area contributed by atoms with Crippen LogP contribution in [0.3, 0.4) is 0 Å². The highest BCUT2D eigenvalue weighted by Gasteiger charge is 1.96. The Hall–Kier alpha value is -1.46. The number of aromatic hydroxyl groups is 1. The molecule has 2 N–H and O–H groups in total. The maximum absolute atomic E-state index is 9.45. The van der Waals surface area contributed by atoms with Gasteiger partial charge in [0.2, 0.25) is 0 Å². The first-order valence-electron chi connectivity index (χ1n) is 4.72. The van der Waals surface area contributed by atoms with Gasteiger partial charge < -0.3 is 10.4 Å². The van der Waals surface area contributed by atoms with Crippen LogP contribution in [0.1, 0.15) is 18.9 Å². The third-order valence-corrected chi connectivity index (χ3v) is 1.91. The monoisotopic (exact) mass is 189 g/mol. The Morgan fingerprint density at radius 2 is 2.14 bits per heavy atom. The highest BCUT2D eigenvalue weighted by Crippen LogP contribution is 2.14. The third kappa shape index (κ3) is 3.51. The number of rotatable bonds is 4. The van der Waals surface area contributed by atoms with E-state index in [0.717, 1.165) is 18.5 Å². The van der Waals surface area contributed by atoms with Gasteiger partial charge in [-0.25, -0.2) is 0 Å². The van der Waals surface area contributed by atoms with Crippen LogP contribution >= 0.6 is 0 Å². The number of benzene rings is 1. The quantitative estimate of drug-likeness (QED) is 0.560. The SMILES string of the molecule is CC#CCCNCc1ccccc1O. The zero-order valence-corrected chi connectivity index (χ0v) is 8.38. The van der Waals surface area contributed by atoms with Gasteiger partial charge in [0.25, 0.3) is 0 Å². The predicted molar refractivity (Wildman–Crippen MR) is 57.9 cm³/mol. The average Bonchev–Trinajstić information content (AvgIpc) is 2.20. The van der Waals surface area contributed by atoms with Crippen LogP contribution in [0.5, 0.6) is 5.75 Å². The summed E-state index contributed by atoms with van der Waals surface area (Å²) in [5.41, 5.74) is 0.928. The van der Waals surface area contributed by atoms with Gasteiger partial charge in [-0.1, -0.05) is 18.2 Å². The summed E-state index contributed by atoms with van der Waals surface area (Å²) in [6, 6.07) is 7.35. The van der Waals surface area contributed by atoms with Crippen LogP contribution in [0.25, 0.3) is 0 Å². The van der Waals surface area contributed by atoms with Crippen molar-refractivity contribution in [1.82, 2.24) is 5.32 Å². The van der Waals surface area contributed by atoms with Gasteiger partial charge in [-0.05, 0) is 13.0 Å². The lowest BCUT2D eigenvalue weighted by molar-refractivity contribution is 0.465. The highest BCUT2D eigenvalue weighted by molar-refractivity contribution is 5.31. The molecule has 1 aromatic carbocycles. The van der Waals surface area contributed by atoms with Gasteiger partial charge >= 0.3 is 0 Å². The van der Waals surface area contributed by atoms with Crippen LogP contribution in [0.4, 0.5) is 0 Å². The largest absolute Gasteiger partial charge is 0.508 e. The standard InChI is InChI=1S/C12H15NO/c1-2-3-6-9-13-10-11-7-4-5-8-12(11)14/h4-5,7-8,13-14H,6,9-10H2,1H3. The first-order valence-corrected chi connectivity index (χ1v) is 4.72. The summed E-state index contributed by atoms with van der Waals surface area (Å²) in [5, 5.41) is 12.7. The van der Waals surface area contributed by atoms with Crippen molar-refractivity contribution in [2.45, 2.75) is 19.9 Å². The van der Waals surface area contributed by atoms with E-state index in [1.54, 1.807) is 6.07 Å². The van der Waals surface area contributed by atoms with E-state index < -0.39 is 0 Å². The van der Waals surface area contributed by atoms with Crippen LogP contribution in [0.15, 0.2) is 24.3 Å². The fourth-order valence-corrected chi connectivity index (χ4v) is 1.16. The van der Waals surface area contributed by atoms with Crippen LogP contribution < -0.4 is 5.32 Å². The second-order valence-electron chi connectivity index (χ2n) is 2.98. The van der Waals surface area contributed by atoms with Crippen molar-refractivity contribution in [3.8, 4) is 17.6 Å². The highest BCUT2D eigenvalue weighted by atomic mass is 16.3. The minimum Gasteiger partial charge on any atom is -0.508 e. The second-order valence-corrected chi connectivity index (χ2v) is 2.98. The molecule has 0 saturated heterocycles. The number of phenols is 1. The molecule has 0 saturated carbocycles. The van der Waals surface area contributed by atoms with Gasteiger partial charge in [-0.2, -0.15) is 0 Å². The number of hydrogen-bond acceptors (Lipinski definition) is 2. The van der Waals surface area contributed by atoms with Gasteiger partial charge in [-0.3, -0.25) is 0 Å². The molecule has 0 aliphatic rings. The Morgan fingerprint density at radius 1 is 1.36 bits per heavy atom. The van der Waals surface area contributed by atoms with Crippen molar-refractivity contribution >= 4 is 0 Å². The fourth-order valence-electron chi connectivity index (χ4n) is 1.16. The van der Waals surface area contributed by atoms with E-state index in [-0.39, 0.29) is 0 Å². The third-order valence-electron chi connectivity index (χ3n) is 1.91. The average molecular weight is 189 g/mol. The predicted octanol–water partition coefficient (Wildman–Crippen LogP) is 1.90. The minimum atomic E-state index is 0.349. The van der Waals surface area contributed by atoms with Crippen molar-refractivity contribution in [2.75, 3.05) is 6.54 Å². The Kier molecular flexibility index (Phi) is 4.60. The summed E-state index contributed by atoms with van der Waals surface area (Å²) in [5.74, 6) is 6.16. The Morgan fingerprint density at radius 3 is 2.86 bits per heavy atom. The molecule has 0 fully saturated rings. The van der Waals surface area contributed by atoms with Gasteiger partial charge in [0, 0.05) is 25.1 Å². The van der Waals surface area contributed by atoms with Crippen molar-refractivity contribution in [3.63, 3.8) is 0 Å². The summed E-state index contributed by atoms with van der Waals surface area (Å²) in [6.07, 6.45) is 0.851. The Bertz CT molecular complexity index is 336. The molecular formula is C12H15NO. The van der Waals surface area contributed by atoms with Gasteiger partial charge in [0.1, 0.15) is 5.75 Å². The zero-order valence-electron chi connectivity index (χ0n) is 8.38. The van der Waals surface area contributed by atoms with E-state index in [1.165, 1.54) is 0 Å². The molecule has 1 aromatic rings. The lowest BCUT2D eigenvalue weighted by atomic mass is 10.2. The molecule has 14 heavy (non-hydrogen) atoms. The van der Waals surface area contributed by atoms with E-state index in [9.17, 15) is 5.11 Å². The molecule has 0 aromatic heterocycles. The molecule has 0 unspecified atom stereocenters. The molecule has 1 rings (SSSR count). The fraction of sp³-hybridized carbons (Fsp3) is 0.333. The first-order chi connectivity index (χ1) is 6.84. The molecule has 0 aliphatic carbocycles. The van der Waals surface area contributed by atoms with Crippen molar-refractivity contribution in [2.24, 2.45) is 0 Å². The smallest absolute Gasteiger partial charge is 0.120 e. The minimum absolute atomic E-state index is 0.349. The molecule has 0 bridgehead atoms. The summed E-state index contributed by atoms with van der Waals surface area (Å²) < 4.78 is 0. The maximum Gasteiger partial charge on any atom is 0.120 e. The number of para-hydroxylation sites is 1. The normalized spacial score (nSPS) is 9.21. The van der Waals surface area contributed by atoms with Crippen LogP contribution in [0, 0.1) is 11.8 Å². The number of phenolic OH excluding ortho intramolecular Hbond substituents is 1. The maximum atomic E-state index is 9.45. The molecule has 74 valence electrons. The summed E-state index contributed by atoms with van der Waals surface area (Å²) >= 11 is 0. The molecule has 0 heterocycles. The molecule has 0 aliphatic heterocycles. The Balaban J connectivity index is 2.30. The topological polar surface area (TPSA) is 32.3 Å². The first kappa shape index (κ1) is 10.6. The zero-order chi connectivity index (χ0) is 10.2. The molecule has 0 atom stereocenters. The molecule has 2 nitrogen and oxygen atoms in total. The van der Waals surface area contributed by atoms with Crippen LogP contribution in [0.2, 0.25) is 0 Å². The second kappa shape index (κ2) is 6.06. The molecule has 2 heteroatoms. The van der Waals surface area contributed by atoms with E-state index in [2.05, 4.69) is 17.2 Å². The van der Waals surface area contributed by atoms with Gasteiger partial charge in [0.15, 0.2) is 0 Å². The van der Waals surface area contributed by atoms with Crippen molar-refractivity contribution < 1.29 is 5.11 Å². The van der Waals surface area contributed by atoms with E-state index >= 15 is 0 Å². The van der Waals surface area contributed by atoms with E-state index in [1.807, 2.05) is 25.1 Å².